The van der Waals surface area contributed by atoms with Crippen molar-refractivity contribution in [2.75, 3.05) is 7.11 Å². The van der Waals surface area contributed by atoms with Gasteiger partial charge in [0, 0.05) is 4.88 Å². The van der Waals surface area contributed by atoms with Crippen molar-refractivity contribution < 1.29 is 13.2 Å². The Morgan fingerprint density at radius 1 is 1.21 bits per heavy atom. The number of ether oxygens (including phenoxy) is 1. The minimum atomic E-state index is -3.51. The lowest BCUT2D eigenvalue weighted by Crippen LogP contribution is -2.26. The predicted molar refractivity (Wildman–Crippen MR) is 76.0 cm³/mol. The molecule has 0 spiro atoms. The number of benzene rings is 1. The summed E-state index contributed by atoms with van der Waals surface area (Å²) in [6.45, 7) is 1.83. The third-order valence-corrected chi connectivity index (χ3v) is 5.28. The summed E-state index contributed by atoms with van der Waals surface area (Å²) in [5.74, 6) is 0.630. The maximum absolute atomic E-state index is 12.2. The second-order valence-electron chi connectivity index (χ2n) is 4.03. The van der Waals surface area contributed by atoms with Crippen molar-refractivity contribution in [1.29, 1.82) is 0 Å². The third-order valence-electron chi connectivity index (χ3n) is 2.67. The van der Waals surface area contributed by atoms with Crippen molar-refractivity contribution in [2.24, 2.45) is 0 Å². The molecule has 0 fully saturated rings. The van der Waals surface area contributed by atoms with E-state index in [0.29, 0.717) is 5.75 Å². The molecule has 6 heteroatoms. The second kappa shape index (κ2) is 5.73. The molecule has 0 amide bonds. The fourth-order valence-electron chi connectivity index (χ4n) is 1.65. The molecular formula is C13H15NO3S2. The molecule has 1 N–H and O–H groups in total. The van der Waals surface area contributed by atoms with Crippen molar-refractivity contribution >= 4 is 21.4 Å². The van der Waals surface area contributed by atoms with Crippen LogP contribution in [0.1, 0.15) is 17.8 Å². The zero-order valence-electron chi connectivity index (χ0n) is 10.7. The summed E-state index contributed by atoms with van der Waals surface area (Å²) in [7, 11) is -1.97. The molecule has 0 unspecified atom stereocenters. The molecule has 0 aliphatic carbocycles. The molecule has 1 aromatic heterocycles. The predicted octanol–water partition coefficient (Wildman–Crippen LogP) is 2.80. The lowest BCUT2D eigenvalue weighted by molar-refractivity contribution is 0.414. The average Bonchev–Trinajstić information content (AvgIpc) is 2.92. The first kappa shape index (κ1) is 14.0. The Kier molecular flexibility index (Phi) is 4.24. The Balaban J connectivity index is 2.17. The van der Waals surface area contributed by atoms with E-state index in [4.69, 9.17) is 4.74 Å². The first-order valence-corrected chi connectivity index (χ1v) is 8.09. The maximum atomic E-state index is 12.2. The van der Waals surface area contributed by atoms with Crippen LogP contribution in [0.15, 0.2) is 46.7 Å². The van der Waals surface area contributed by atoms with Gasteiger partial charge in [-0.2, -0.15) is 0 Å². The summed E-state index contributed by atoms with van der Waals surface area (Å²) in [5.41, 5.74) is 0. The highest BCUT2D eigenvalue weighted by Crippen LogP contribution is 2.22. The molecule has 102 valence electrons. The van der Waals surface area contributed by atoms with E-state index in [1.807, 2.05) is 24.4 Å². The smallest absolute Gasteiger partial charge is 0.241 e. The lowest BCUT2D eigenvalue weighted by atomic mass is 10.3. The number of thiophene rings is 1. The molecule has 1 atom stereocenters. The van der Waals surface area contributed by atoms with Crippen LogP contribution in [0.25, 0.3) is 0 Å². The van der Waals surface area contributed by atoms with Crippen LogP contribution in [0.5, 0.6) is 5.75 Å². The van der Waals surface area contributed by atoms with E-state index < -0.39 is 10.0 Å². The van der Waals surface area contributed by atoms with Crippen molar-refractivity contribution in [2.45, 2.75) is 17.9 Å². The first-order valence-electron chi connectivity index (χ1n) is 5.73. The third kappa shape index (κ3) is 3.34. The zero-order valence-corrected chi connectivity index (χ0v) is 12.3. The number of nitrogens with one attached hydrogen (secondary N) is 1. The summed E-state index contributed by atoms with van der Waals surface area (Å²) in [4.78, 5) is 1.22. The number of methoxy groups -OCH3 is 1. The molecule has 1 heterocycles. The average molecular weight is 297 g/mol. The van der Waals surface area contributed by atoms with Crippen molar-refractivity contribution in [3.63, 3.8) is 0 Å². The van der Waals surface area contributed by atoms with E-state index >= 15 is 0 Å². The quantitative estimate of drug-likeness (QED) is 0.923. The molecule has 0 radical (unpaired) electrons. The van der Waals surface area contributed by atoms with E-state index in [1.54, 1.807) is 19.2 Å². The summed E-state index contributed by atoms with van der Waals surface area (Å²) in [6.07, 6.45) is 0. The van der Waals surface area contributed by atoms with Crippen LogP contribution in [0.3, 0.4) is 0 Å². The number of hydrogen-bond acceptors (Lipinski definition) is 4. The van der Waals surface area contributed by atoms with E-state index in [2.05, 4.69) is 4.72 Å². The maximum Gasteiger partial charge on any atom is 0.241 e. The van der Waals surface area contributed by atoms with E-state index in [0.717, 1.165) is 4.88 Å². The van der Waals surface area contributed by atoms with Gasteiger partial charge in [0.05, 0.1) is 18.0 Å². The molecule has 4 nitrogen and oxygen atoms in total. The topological polar surface area (TPSA) is 55.4 Å². The highest BCUT2D eigenvalue weighted by Gasteiger charge is 2.18. The van der Waals surface area contributed by atoms with Gasteiger partial charge < -0.3 is 4.74 Å². The molecular weight excluding hydrogens is 282 g/mol. The van der Waals surface area contributed by atoms with Gasteiger partial charge >= 0.3 is 0 Å². The summed E-state index contributed by atoms with van der Waals surface area (Å²) >= 11 is 1.53. The molecule has 19 heavy (non-hydrogen) atoms. The van der Waals surface area contributed by atoms with Crippen LogP contribution in [-0.4, -0.2) is 15.5 Å². The molecule has 2 aromatic rings. The number of hydrogen-bond donors (Lipinski definition) is 1. The van der Waals surface area contributed by atoms with Crippen LogP contribution in [0.2, 0.25) is 0 Å². The van der Waals surface area contributed by atoms with Gasteiger partial charge in [-0.25, -0.2) is 13.1 Å². The molecule has 0 aliphatic heterocycles. The van der Waals surface area contributed by atoms with Gasteiger partial charge in [-0.1, -0.05) is 6.07 Å². The molecule has 0 bridgehead atoms. The molecule has 0 saturated carbocycles. The molecule has 0 aliphatic rings. The molecule has 2 rings (SSSR count). The van der Waals surface area contributed by atoms with Crippen LogP contribution in [0, 0.1) is 0 Å². The van der Waals surface area contributed by atoms with Crippen LogP contribution in [-0.2, 0) is 10.0 Å². The standard InChI is InChI=1S/C13H15NO3S2/c1-10(13-4-3-9-18-13)14-19(15,16)12-7-5-11(17-2)6-8-12/h3-10,14H,1-2H3/t10-/m0/s1. The van der Waals surface area contributed by atoms with Gasteiger partial charge in [0.2, 0.25) is 10.0 Å². The van der Waals surface area contributed by atoms with Gasteiger partial charge in [-0.05, 0) is 42.6 Å². The van der Waals surface area contributed by atoms with Crippen molar-refractivity contribution in [1.82, 2.24) is 4.72 Å². The Morgan fingerprint density at radius 2 is 1.89 bits per heavy atom. The summed E-state index contributed by atoms with van der Waals surface area (Å²) in [6, 6.07) is 9.88. The highest BCUT2D eigenvalue weighted by molar-refractivity contribution is 7.89. The Morgan fingerprint density at radius 3 is 2.42 bits per heavy atom. The van der Waals surface area contributed by atoms with E-state index in [1.165, 1.54) is 23.5 Å². The minimum Gasteiger partial charge on any atom is -0.497 e. The fourth-order valence-corrected chi connectivity index (χ4v) is 3.68. The van der Waals surface area contributed by atoms with Crippen LogP contribution >= 0.6 is 11.3 Å². The van der Waals surface area contributed by atoms with Gasteiger partial charge in [0.15, 0.2) is 0 Å². The molecule has 0 saturated heterocycles. The van der Waals surface area contributed by atoms with Gasteiger partial charge in [-0.15, -0.1) is 11.3 Å². The van der Waals surface area contributed by atoms with Gasteiger partial charge in [0.25, 0.3) is 0 Å². The van der Waals surface area contributed by atoms with Crippen LogP contribution in [0.4, 0.5) is 0 Å². The number of rotatable bonds is 5. The minimum absolute atomic E-state index is 0.233. The highest BCUT2D eigenvalue weighted by atomic mass is 32.2. The Hall–Kier alpha value is -1.37. The summed E-state index contributed by atoms with van der Waals surface area (Å²) in [5, 5.41) is 1.92. The van der Waals surface area contributed by atoms with Gasteiger partial charge in [0.1, 0.15) is 5.75 Å². The Bertz CT molecular complexity index is 618. The Labute approximate surface area is 117 Å². The normalized spacial score (nSPS) is 13.2. The molecule has 1 aromatic carbocycles. The fraction of sp³-hybridized carbons (Fsp3) is 0.231. The largest absolute Gasteiger partial charge is 0.497 e. The van der Waals surface area contributed by atoms with E-state index in [9.17, 15) is 8.42 Å². The summed E-state index contributed by atoms with van der Waals surface area (Å²) < 4.78 is 32.0. The van der Waals surface area contributed by atoms with Gasteiger partial charge in [-0.3, -0.25) is 0 Å². The van der Waals surface area contributed by atoms with Crippen molar-refractivity contribution in [3.05, 3.63) is 46.7 Å². The first-order chi connectivity index (χ1) is 9.03. The lowest BCUT2D eigenvalue weighted by Gasteiger charge is -2.13. The van der Waals surface area contributed by atoms with Crippen molar-refractivity contribution in [3.8, 4) is 5.75 Å². The number of sulfonamides is 1. The monoisotopic (exact) mass is 297 g/mol. The second-order valence-corrected chi connectivity index (χ2v) is 6.73. The SMILES string of the molecule is COc1ccc(S(=O)(=O)N[C@@H](C)c2cccs2)cc1. The van der Waals surface area contributed by atoms with E-state index in [-0.39, 0.29) is 10.9 Å². The van der Waals surface area contributed by atoms with Crippen LogP contribution < -0.4 is 9.46 Å². The zero-order chi connectivity index (χ0) is 13.9.